The standard InChI is InChI=1S/C62H41NOSi/c1-4-17-42(18-5-1)43-31-35-46(36-32-43)63(55-41-45-19-10-11-24-50(45)52-25-12-13-26-53(52)55)47-37-33-44(34-38-47)51-28-16-29-56-60(51)62-57(64-56)39-40-59-61(62)54-27-14-15-30-58(54)65(59,48-20-6-2-7-21-48)49-22-8-3-9-23-49/h1-41H. The predicted octanol–water partition coefficient (Wildman–Crippen LogP) is 14.1. The van der Waals surface area contributed by atoms with Gasteiger partial charge in [-0.2, -0.15) is 0 Å². The van der Waals surface area contributed by atoms with E-state index in [2.05, 4.69) is 254 Å². The van der Waals surface area contributed by atoms with Crippen LogP contribution in [0.15, 0.2) is 253 Å². The van der Waals surface area contributed by atoms with E-state index in [-0.39, 0.29) is 0 Å². The molecule has 0 fully saturated rings. The summed E-state index contributed by atoms with van der Waals surface area (Å²) in [6.45, 7) is 0. The minimum atomic E-state index is -2.69. The van der Waals surface area contributed by atoms with Crippen molar-refractivity contribution < 1.29 is 4.42 Å². The molecule has 12 aromatic rings. The third kappa shape index (κ3) is 5.73. The molecule has 65 heavy (non-hydrogen) atoms. The lowest BCUT2D eigenvalue weighted by Crippen LogP contribution is -2.72. The number of anilines is 3. The summed E-state index contributed by atoms with van der Waals surface area (Å²) in [5, 5.41) is 12.9. The second-order valence-electron chi connectivity index (χ2n) is 17.1. The van der Waals surface area contributed by atoms with E-state index in [9.17, 15) is 0 Å². The molecule has 13 rings (SSSR count). The van der Waals surface area contributed by atoms with Crippen molar-refractivity contribution in [1.29, 1.82) is 0 Å². The van der Waals surface area contributed by atoms with Gasteiger partial charge in [0.15, 0.2) is 8.07 Å². The molecule has 1 aromatic heterocycles. The maximum absolute atomic E-state index is 6.84. The average molecular weight is 844 g/mol. The van der Waals surface area contributed by atoms with E-state index < -0.39 is 8.07 Å². The van der Waals surface area contributed by atoms with Crippen molar-refractivity contribution in [3.8, 4) is 33.4 Å². The fourth-order valence-corrected chi connectivity index (χ4v) is 16.1. The molecule has 0 atom stereocenters. The first-order chi connectivity index (χ1) is 32.3. The Morgan fingerprint density at radius 3 is 1.58 bits per heavy atom. The van der Waals surface area contributed by atoms with Crippen LogP contribution < -0.4 is 25.6 Å². The molecule has 2 nitrogen and oxygen atoms in total. The van der Waals surface area contributed by atoms with Crippen LogP contribution in [-0.4, -0.2) is 8.07 Å². The largest absolute Gasteiger partial charge is 0.456 e. The number of fused-ring (bicyclic) bond motifs is 10. The van der Waals surface area contributed by atoms with Crippen LogP contribution in [0.5, 0.6) is 0 Å². The van der Waals surface area contributed by atoms with Gasteiger partial charge in [-0.05, 0) is 113 Å². The lowest BCUT2D eigenvalue weighted by molar-refractivity contribution is 0.669. The van der Waals surface area contributed by atoms with E-state index in [4.69, 9.17) is 4.42 Å². The third-order valence-corrected chi connectivity index (χ3v) is 18.6. The first-order valence-electron chi connectivity index (χ1n) is 22.4. The van der Waals surface area contributed by atoms with Gasteiger partial charge in [0, 0.05) is 27.5 Å². The van der Waals surface area contributed by atoms with E-state index in [1.165, 1.54) is 69.9 Å². The Morgan fingerprint density at radius 1 is 0.338 bits per heavy atom. The van der Waals surface area contributed by atoms with Crippen molar-refractivity contribution in [1.82, 2.24) is 0 Å². The number of hydrogen-bond acceptors (Lipinski definition) is 2. The molecular weight excluding hydrogens is 803 g/mol. The Balaban J connectivity index is 1.01. The zero-order valence-corrected chi connectivity index (χ0v) is 36.5. The molecule has 0 bridgehead atoms. The Kier molecular flexibility index (Phi) is 8.58. The van der Waals surface area contributed by atoms with Gasteiger partial charge in [0.25, 0.3) is 0 Å². The van der Waals surface area contributed by atoms with Crippen LogP contribution in [0.4, 0.5) is 17.1 Å². The van der Waals surface area contributed by atoms with E-state index in [0.717, 1.165) is 44.7 Å². The van der Waals surface area contributed by atoms with Gasteiger partial charge in [0.05, 0.1) is 5.69 Å². The highest BCUT2D eigenvalue weighted by atomic mass is 28.3. The number of nitrogens with zero attached hydrogens (tertiary/aromatic N) is 1. The zero-order valence-electron chi connectivity index (χ0n) is 35.5. The molecule has 0 N–H and O–H groups in total. The molecule has 0 unspecified atom stereocenters. The van der Waals surface area contributed by atoms with Crippen LogP contribution in [0.25, 0.3) is 76.9 Å². The van der Waals surface area contributed by atoms with Gasteiger partial charge in [0.2, 0.25) is 0 Å². The highest BCUT2D eigenvalue weighted by Gasteiger charge is 2.49. The lowest BCUT2D eigenvalue weighted by atomic mass is 9.94. The molecule has 0 amide bonds. The molecule has 0 aliphatic carbocycles. The quantitative estimate of drug-likeness (QED) is 0.117. The topological polar surface area (TPSA) is 16.4 Å². The van der Waals surface area contributed by atoms with Crippen LogP contribution in [0.2, 0.25) is 0 Å². The first-order valence-corrected chi connectivity index (χ1v) is 24.4. The molecule has 0 radical (unpaired) electrons. The average Bonchev–Trinajstić information content (AvgIpc) is 3.92. The molecule has 1 aliphatic rings. The van der Waals surface area contributed by atoms with Gasteiger partial charge >= 0.3 is 0 Å². The smallest absolute Gasteiger partial charge is 0.180 e. The number of furan rings is 1. The van der Waals surface area contributed by atoms with Gasteiger partial charge in [-0.15, -0.1) is 0 Å². The summed E-state index contributed by atoms with van der Waals surface area (Å²) in [4.78, 5) is 2.42. The summed E-state index contributed by atoms with van der Waals surface area (Å²) in [6.07, 6.45) is 0. The van der Waals surface area contributed by atoms with E-state index in [1.54, 1.807) is 0 Å². The molecule has 0 saturated heterocycles. The second kappa shape index (κ2) is 14.9. The van der Waals surface area contributed by atoms with Crippen molar-refractivity contribution in [3.63, 3.8) is 0 Å². The molecule has 304 valence electrons. The molecule has 0 saturated carbocycles. The van der Waals surface area contributed by atoms with Crippen LogP contribution in [0.3, 0.4) is 0 Å². The third-order valence-electron chi connectivity index (χ3n) is 13.7. The zero-order chi connectivity index (χ0) is 42.9. The summed E-state index contributed by atoms with van der Waals surface area (Å²) in [5.74, 6) is 0. The minimum Gasteiger partial charge on any atom is -0.456 e. The van der Waals surface area contributed by atoms with Crippen LogP contribution in [-0.2, 0) is 0 Å². The SMILES string of the molecule is c1ccc(-c2ccc(N(c3ccc(-c4cccc5oc6ccc7c(c6c45)-c4ccccc4[Si]7(c4ccccc4)c4ccccc4)cc3)c3cc4ccccc4c4ccccc34)cc2)cc1. The Labute approximate surface area is 378 Å². The molecule has 0 spiro atoms. The highest BCUT2D eigenvalue weighted by Crippen LogP contribution is 2.46. The molecule has 2 heterocycles. The van der Waals surface area contributed by atoms with Gasteiger partial charge in [-0.1, -0.05) is 206 Å². The number of benzene rings is 11. The van der Waals surface area contributed by atoms with Crippen LogP contribution in [0.1, 0.15) is 0 Å². The summed E-state index contributed by atoms with van der Waals surface area (Å²) in [6, 6.07) is 91.3. The van der Waals surface area contributed by atoms with Gasteiger partial charge in [-0.3, -0.25) is 0 Å². The van der Waals surface area contributed by atoms with Crippen molar-refractivity contribution in [3.05, 3.63) is 249 Å². The summed E-state index contributed by atoms with van der Waals surface area (Å²) >= 11 is 0. The van der Waals surface area contributed by atoms with Crippen molar-refractivity contribution in [2.75, 3.05) is 4.90 Å². The van der Waals surface area contributed by atoms with E-state index in [0.29, 0.717) is 0 Å². The highest BCUT2D eigenvalue weighted by molar-refractivity contribution is 7.22. The Bertz CT molecular complexity index is 3710. The number of rotatable bonds is 7. The lowest BCUT2D eigenvalue weighted by Gasteiger charge is -2.31. The van der Waals surface area contributed by atoms with Crippen LogP contribution >= 0.6 is 0 Å². The van der Waals surface area contributed by atoms with Crippen molar-refractivity contribution in [2.24, 2.45) is 0 Å². The summed E-state index contributed by atoms with van der Waals surface area (Å²) in [5.41, 5.74) is 12.4. The normalized spacial score (nSPS) is 12.7. The van der Waals surface area contributed by atoms with Crippen molar-refractivity contribution in [2.45, 2.75) is 0 Å². The summed E-state index contributed by atoms with van der Waals surface area (Å²) < 4.78 is 6.84. The van der Waals surface area contributed by atoms with Gasteiger partial charge in [0.1, 0.15) is 11.2 Å². The Hall–Kier alpha value is -8.24. The Morgan fingerprint density at radius 2 is 0.877 bits per heavy atom. The molecular formula is C62H41NOSi. The molecule has 3 heteroatoms. The minimum absolute atomic E-state index is 0.897. The first kappa shape index (κ1) is 37.3. The van der Waals surface area contributed by atoms with Crippen molar-refractivity contribution >= 4 is 89.4 Å². The van der Waals surface area contributed by atoms with Gasteiger partial charge in [-0.25, -0.2) is 0 Å². The van der Waals surface area contributed by atoms with E-state index >= 15 is 0 Å². The fraction of sp³-hybridized carbons (Fsp3) is 0. The maximum Gasteiger partial charge on any atom is 0.180 e. The fourth-order valence-electron chi connectivity index (χ4n) is 11.0. The predicted molar refractivity (Wildman–Crippen MR) is 277 cm³/mol. The maximum atomic E-state index is 6.84. The number of hydrogen-bond donors (Lipinski definition) is 0. The molecule has 11 aromatic carbocycles. The molecule has 1 aliphatic heterocycles. The van der Waals surface area contributed by atoms with E-state index in [1.807, 2.05) is 0 Å². The van der Waals surface area contributed by atoms with Gasteiger partial charge < -0.3 is 9.32 Å². The monoisotopic (exact) mass is 843 g/mol. The summed E-state index contributed by atoms with van der Waals surface area (Å²) in [7, 11) is -2.69. The van der Waals surface area contributed by atoms with Crippen LogP contribution in [0, 0.1) is 0 Å². The second-order valence-corrected chi connectivity index (χ2v) is 20.9.